The van der Waals surface area contributed by atoms with Crippen LogP contribution in [0.4, 0.5) is 4.39 Å². The Balaban J connectivity index is 1.72. The van der Waals surface area contributed by atoms with Crippen LogP contribution in [0.25, 0.3) is 0 Å². The largest absolute Gasteiger partial charge is 0.281 e. The number of benzene rings is 1. The monoisotopic (exact) mass is 376 g/mol. The number of carbonyl (C=O) groups excluding carboxylic acids is 1. The quantitative estimate of drug-likeness (QED) is 0.543. The first-order valence-electron chi connectivity index (χ1n) is 7.39. The molecule has 0 aliphatic heterocycles. The number of aryl methyl sites for hydroxylation is 1. The van der Waals surface area contributed by atoms with Crippen LogP contribution < -0.4 is 5.43 Å². The minimum Gasteiger partial charge on any atom is -0.266 e. The van der Waals surface area contributed by atoms with Crippen molar-refractivity contribution in [2.24, 2.45) is 5.10 Å². The molecule has 2 aromatic heterocycles. The highest BCUT2D eigenvalue weighted by Gasteiger charge is 2.12. The second-order valence-electron chi connectivity index (χ2n) is 5.25. The molecule has 1 amide bonds. The maximum atomic E-state index is 13.0. The van der Waals surface area contributed by atoms with Gasteiger partial charge in [-0.3, -0.25) is 4.79 Å². The van der Waals surface area contributed by atoms with E-state index in [1.54, 1.807) is 35.9 Å². The normalized spacial score (nSPS) is 11.2. The zero-order valence-electron chi connectivity index (χ0n) is 13.2. The molecule has 0 aliphatic carbocycles. The highest BCUT2D eigenvalue weighted by Crippen LogP contribution is 2.19. The van der Waals surface area contributed by atoms with Gasteiger partial charge in [0.1, 0.15) is 11.0 Å². The predicted octanol–water partition coefficient (Wildman–Crippen LogP) is 3.86. The van der Waals surface area contributed by atoms with Crippen LogP contribution in [-0.4, -0.2) is 21.9 Å². The van der Waals surface area contributed by atoms with E-state index in [0.717, 1.165) is 5.56 Å². The average molecular weight is 377 g/mol. The molecule has 0 radical (unpaired) electrons. The highest BCUT2D eigenvalue weighted by atomic mass is 35.5. The van der Waals surface area contributed by atoms with Crippen LogP contribution >= 0.6 is 22.9 Å². The molecule has 0 fully saturated rings. The summed E-state index contributed by atoms with van der Waals surface area (Å²) in [6.45, 7) is 2.21. The Hall–Kier alpha value is -2.51. The third-order valence-corrected chi connectivity index (χ3v) is 4.73. The van der Waals surface area contributed by atoms with Crippen molar-refractivity contribution in [3.05, 3.63) is 74.4 Å². The SMILES string of the molecule is Cc1nn(Cc2ccc(F)cc2)c(Cl)c1/C=N\NC(=O)c1cccs1. The summed E-state index contributed by atoms with van der Waals surface area (Å²) < 4.78 is 14.6. The second kappa shape index (κ2) is 7.58. The zero-order valence-corrected chi connectivity index (χ0v) is 14.8. The first-order chi connectivity index (χ1) is 12.0. The minimum atomic E-state index is -0.291. The van der Waals surface area contributed by atoms with Gasteiger partial charge in [0.05, 0.1) is 28.9 Å². The first-order valence-corrected chi connectivity index (χ1v) is 8.64. The van der Waals surface area contributed by atoms with Crippen molar-refractivity contribution in [3.63, 3.8) is 0 Å². The number of halogens is 2. The van der Waals surface area contributed by atoms with Crippen LogP contribution in [0.1, 0.15) is 26.5 Å². The van der Waals surface area contributed by atoms with E-state index in [0.29, 0.717) is 27.8 Å². The molecule has 25 heavy (non-hydrogen) atoms. The Bertz CT molecular complexity index is 904. The van der Waals surface area contributed by atoms with Gasteiger partial charge >= 0.3 is 0 Å². The van der Waals surface area contributed by atoms with Gasteiger partial charge in [-0.15, -0.1) is 11.3 Å². The third kappa shape index (κ3) is 4.12. The Labute approximate surface area is 152 Å². The summed E-state index contributed by atoms with van der Waals surface area (Å²) in [4.78, 5) is 12.4. The van der Waals surface area contributed by atoms with Crippen molar-refractivity contribution < 1.29 is 9.18 Å². The molecule has 5 nitrogen and oxygen atoms in total. The van der Waals surface area contributed by atoms with Crippen molar-refractivity contribution >= 4 is 35.1 Å². The lowest BCUT2D eigenvalue weighted by Crippen LogP contribution is -2.16. The smallest absolute Gasteiger partial charge is 0.266 e. The molecule has 8 heteroatoms. The topological polar surface area (TPSA) is 59.3 Å². The summed E-state index contributed by atoms with van der Waals surface area (Å²) in [6, 6.07) is 9.65. The van der Waals surface area contributed by atoms with Crippen molar-refractivity contribution in [2.75, 3.05) is 0 Å². The lowest BCUT2D eigenvalue weighted by atomic mass is 10.2. The number of nitrogens with zero attached hydrogens (tertiary/aromatic N) is 3. The number of hydrogen-bond acceptors (Lipinski definition) is 4. The van der Waals surface area contributed by atoms with Gasteiger partial charge in [0.25, 0.3) is 5.91 Å². The highest BCUT2D eigenvalue weighted by molar-refractivity contribution is 7.12. The van der Waals surface area contributed by atoms with Gasteiger partial charge in [-0.05, 0) is 36.1 Å². The number of carbonyl (C=O) groups is 1. The number of thiophene rings is 1. The standard InChI is InChI=1S/C17H14ClFN4OS/c1-11-14(9-20-21-17(24)15-3-2-8-25-15)16(18)23(22-11)10-12-4-6-13(19)7-5-12/h2-9H,10H2,1H3,(H,21,24)/b20-9-. The van der Waals surface area contributed by atoms with Gasteiger partial charge in [-0.2, -0.15) is 10.2 Å². The van der Waals surface area contributed by atoms with Crippen molar-refractivity contribution in [1.29, 1.82) is 0 Å². The van der Waals surface area contributed by atoms with Gasteiger partial charge in [0.15, 0.2) is 0 Å². The molecular formula is C17H14ClFN4OS. The summed E-state index contributed by atoms with van der Waals surface area (Å²) in [5.74, 6) is -0.570. The van der Waals surface area contributed by atoms with Crippen molar-refractivity contribution in [1.82, 2.24) is 15.2 Å². The van der Waals surface area contributed by atoms with Crippen LogP contribution in [0.3, 0.4) is 0 Å². The van der Waals surface area contributed by atoms with E-state index in [4.69, 9.17) is 11.6 Å². The zero-order chi connectivity index (χ0) is 17.8. The molecule has 0 saturated heterocycles. The van der Waals surface area contributed by atoms with Crippen LogP contribution in [0.5, 0.6) is 0 Å². The molecule has 1 N–H and O–H groups in total. The van der Waals surface area contributed by atoms with E-state index in [1.807, 2.05) is 5.38 Å². The van der Waals surface area contributed by atoms with E-state index in [9.17, 15) is 9.18 Å². The fourth-order valence-electron chi connectivity index (χ4n) is 2.20. The van der Waals surface area contributed by atoms with Gasteiger partial charge in [0, 0.05) is 0 Å². The summed E-state index contributed by atoms with van der Waals surface area (Å²) in [7, 11) is 0. The van der Waals surface area contributed by atoms with Crippen LogP contribution in [0.2, 0.25) is 5.15 Å². The molecule has 0 bridgehead atoms. The summed E-state index contributed by atoms with van der Waals surface area (Å²) in [6.07, 6.45) is 1.47. The fourth-order valence-corrected chi connectivity index (χ4v) is 3.10. The molecule has 3 rings (SSSR count). The number of hydrazone groups is 1. The predicted molar refractivity (Wildman–Crippen MR) is 96.9 cm³/mol. The first kappa shape index (κ1) is 17.3. The van der Waals surface area contributed by atoms with Crippen LogP contribution in [-0.2, 0) is 6.54 Å². The van der Waals surface area contributed by atoms with E-state index in [1.165, 1.54) is 29.7 Å². The summed E-state index contributed by atoms with van der Waals surface area (Å²) in [5.41, 5.74) is 4.63. The van der Waals surface area contributed by atoms with Gasteiger partial charge in [0.2, 0.25) is 0 Å². The number of aromatic nitrogens is 2. The van der Waals surface area contributed by atoms with Crippen molar-refractivity contribution in [2.45, 2.75) is 13.5 Å². The second-order valence-corrected chi connectivity index (χ2v) is 6.56. The fraction of sp³-hybridized carbons (Fsp3) is 0.118. The molecule has 3 aromatic rings. The summed E-state index contributed by atoms with van der Waals surface area (Å²) >= 11 is 7.68. The maximum Gasteiger partial charge on any atom is 0.281 e. The molecule has 0 unspecified atom stereocenters. The van der Waals surface area contributed by atoms with Crippen LogP contribution in [0, 0.1) is 12.7 Å². The average Bonchev–Trinajstić information content (AvgIpc) is 3.21. The molecule has 0 atom stereocenters. The number of hydrogen-bond donors (Lipinski definition) is 1. The maximum absolute atomic E-state index is 13.0. The van der Waals surface area contributed by atoms with E-state index < -0.39 is 0 Å². The Morgan fingerprint density at radius 3 is 2.84 bits per heavy atom. The van der Waals surface area contributed by atoms with Gasteiger partial charge < -0.3 is 0 Å². The molecule has 0 saturated carbocycles. The molecule has 2 heterocycles. The molecule has 1 aromatic carbocycles. The lowest BCUT2D eigenvalue weighted by molar-refractivity contribution is 0.0959. The molecule has 128 valence electrons. The Morgan fingerprint density at radius 2 is 2.16 bits per heavy atom. The Morgan fingerprint density at radius 1 is 1.40 bits per heavy atom. The molecular weight excluding hydrogens is 363 g/mol. The van der Waals surface area contributed by atoms with Gasteiger partial charge in [-0.25, -0.2) is 14.5 Å². The van der Waals surface area contributed by atoms with E-state index in [2.05, 4.69) is 15.6 Å². The number of amides is 1. The summed E-state index contributed by atoms with van der Waals surface area (Å²) in [5, 5.41) is 10.5. The van der Waals surface area contributed by atoms with Gasteiger partial charge in [-0.1, -0.05) is 29.8 Å². The van der Waals surface area contributed by atoms with E-state index in [-0.39, 0.29) is 11.7 Å². The molecule has 0 spiro atoms. The molecule has 0 aliphatic rings. The number of rotatable bonds is 5. The number of nitrogens with one attached hydrogen (secondary N) is 1. The Kier molecular flexibility index (Phi) is 5.25. The van der Waals surface area contributed by atoms with Crippen LogP contribution in [0.15, 0.2) is 46.9 Å². The minimum absolute atomic E-state index is 0.279. The van der Waals surface area contributed by atoms with E-state index >= 15 is 0 Å². The third-order valence-electron chi connectivity index (χ3n) is 3.46. The lowest BCUT2D eigenvalue weighted by Gasteiger charge is -2.03. The van der Waals surface area contributed by atoms with Crippen molar-refractivity contribution in [3.8, 4) is 0 Å².